The summed E-state index contributed by atoms with van der Waals surface area (Å²) in [5.41, 5.74) is 2.61. The number of fused-ring (bicyclic) bond motifs is 1. The van der Waals surface area contributed by atoms with Gasteiger partial charge in [-0.05, 0) is 42.8 Å². The van der Waals surface area contributed by atoms with Crippen molar-refractivity contribution in [1.29, 1.82) is 0 Å². The predicted octanol–water partition coefficient (Wildman–Crippen LogP) is 4.86. The molecule has 0 aliphatic rings. The quantitative estimate of drug-likeness (QED) is 0.309. The lowest BCUT2D eigenvalue weighted by atomic mass is 10.0. The molecule has 0 bridgehead atoms. The molecule has 0 spiro atoms. The summed E-state index contributed by atoms with van der Waals surface area (Å²) in [7, 11) is 4.68. The zero-order valence-electron chi connectivity index (χ0n) is 20.0. The number of aromatic nitrogens is 1. The first-order chi connectivity index (χ1) is 17.1. The first-order valence-electron chi connectivity index (χ1n) is 11.2. The standard InChI is InChI=1S/C27H28N2O6/c1-31-24-14-18(15-25(32-2)26(24)33-3)23-16-21(20-9-4-5-10-22(20)29-23)27(30)28-11-7-12-34-17-19-8-6-13-35-19/h4-6,8-10,13-16H,7,11-12,17H2,1-3H3,(H,28,30). The number of para-hydroxylation sites is 1. The summed E-state index contributed by atoms with van der Waals surface area (Å²) >= 11 is 0. The van der Waals surface area contributed by atoms with Crippen molar-refractivity contribution in [3.8, 4) is 28.5 Å². The molecule has 0 unspecified atom stereocenters. The van der Waals surface area contributed by atoms with Gasteiger partial charge in [-0.15, -0.1) is 0 Å². The molecular formula is C27H28N2O6. The molecule has 35 heavy (non-hydrogen) atoms. The van der Waals surface area contributed by atoms with E-state index >= 15 is 0 Å². The van der Waals surface area contributed by atoms with E-state index in [0.717, 1.165) is 16.7 Å². The van der Waals surface area contributed by atoms with Crippen molar-refractivity contribution < 1.29 is 28.2 Å². The maximum absolute atomic E-state index is 13.1. The van der Waals surface area contributed by atoms with E-state index in [1.165, 1.54) is 0 Å². The fraction of sp³-hybridized carbons (Fsp3) is 0.259. The molecule has 0 aliphatic carbocycles. The third kappa shape index (κ3) is 5.55. The van der Waals surface area contributed by atoms with Gasteiger partial charge in [-0.25, -0.2) is 4.98 Å². The Morgan fingerprint density at radius 2 is 1.74 bits per heavy atom. The van der Waals surface area contributed by atoms with Crippen LogP contribution in [0.1, 0.15) is 22.5 Å². The smallest absolute Gasteiger partial charge is 0.252 e. The Morgan fingerprint density at radius 3 is 2.43 bits per heavy atom. The molecule has 0 radical (unpaired) electrons. The van der Waals surface area contributed by atoms with Gasteiger partial charge in [0.25, 0.3) is 5.91 Å². The number of furan rings is 1. The molecular weight excluding hydrogens is 448 g/mol. The molecule has 1 N–H and O–H groups in total. The first-order valence-corrected chi connectivity index (χ1v) is 11.2. The van der Waals surface area contributed by atoms with Crippen molar-refractivity contribution in [3.63, 3.8) is 0 Å². The number of hydrogen-bond acceptors (Lipinski definition) is 7. The van der Waals surface area contributed by atoms with E-state index in [0.29, 0.717) is 60.2 Å². The van der Waals surface area contributed by atoms with Gasteiger partial charge in [0.05, 0.1) is 44.4 Å². The Kier molecular flexibility index (Phi) is 7.84. The van der Waals surface area contributed by atoms with Crippen LogP contribution in [0.3, 0.4) is 0 Å². The van der Waals surface area contributed by atoms with Crippen LogP contribution in [0.4, 0.5) is 0 Å². The van der Waals surface area contributed by atoms with E-state index in [9.17, 15) is 4.79 Å². The first kappa shape index (κ1) is 24.1. The van der Waals surface area contributed by atoms with Gasteiger partial charge in [-0.1, -0.05) is 18.2 Å². The van der Waals surface area contributed by atoms with Gasteiger partial charge in [-0.3, -0.25) is 4.79 Å². The summed E-state index contributed by atoms with van der Waals surface area (Å²) in [6.07, 6.45) is 2.29. The fourth-order valence-corrected chi connectivity index (χ4v) is 3.78. The Morgan fingerprint density at radius 1 is 0.971 bits per heavy atom. The third-order valence-corrected chi connectivity index (χ3v) is 5.50. The lowest BCUT2D eigenvalue weighted by Crippen LogP contribution is -2.25. The minimum absolute atomic E-state index is 0.177. The number of ether oxygens (including phenoxy) is 4. The number of pyridine rings is 1. The Bertz CT molecular complexity index is 1260. The molecule has 0 aliphatic heterocycles. The van der Waals surface area contributed by atoms with E-state index < -0.39 is 0 Å². The third-order valence-electron chi connectivity index (χ3n) is 5.50. The molecule has 0 saturated heterocycles. The lowest BCUT2D eigenvalue weighted by Gasteiger charge is -2.15. The van der Waals surface area contributed by atoms with Crippen LogP contribution in [0, 0.1) is 0 Å². The van der Waals surface area contributed by atoms with Crippen LogP contribution in [-0.2, 0) is 11.3 Å². The number of nitrogens with one attached hydrogen (secondary N) is 1. The highest BCUT2D eigenvalue weighted by molar-refractivity contribution is 6.07. The number of methoxy groups -OCH3 is 3. The topological polar surface area (TPSA) is 92.1 Å². The summed E-state index contributed by atoms with van der Waals surface area (Å²) in [5.74, 6) is 2.11. The molecule has 4 rings (SSSR count). The number of carbonyl (C=O) groups is 1. The summed E-state index contributed by atoms with van der Waals surface area (Å²) < 4.78 is 27.2. The number of carbonyl (C=O) groups excluding carboxylic acids is 1. The Labute approximate surface area is 203 Å². The van der Waals surface area contributed by atoms with Gasteiger partial charge in [0, 0.05) is 24.1 Å². The average molecular weight is 477 g/mol. The van der Waals surface area contributed by atoms with Crippen molar-refractivity contribution >= 4 is 16.8 Å². The number of nitrogens with zero attached hydrogens (tertiary/aromatic N) is 1. The summed E-state index contributed by atoms with van der Waals surface area (Å²) in [6, 6.07) is 16.7. The SMILES string of the molecule is COc1cc(-c2cc(C(=O)NCCCOCc3ccco3)c3ccccc3n2)cc(OC)c1OC. The van der Waals surface area contributed by atoms with E-state index in [1.807, 2.05) is 48.5 Å². The molecule has 8 heteroatoms. The predicted molar refractivity (Wildman–Crippen MR) is 132 cm³/mol. The van der Waals surface area contributed by atoms with Crippen LogP contribution in [0.5, 0.6) is 17.2 Å². The summed E-state index contributed by atoms with van der Waals surface area (Å²) in [6.45, 7) is 1.40. The van der Waals surface area contributed by atoms with Crippen molar-refractivity contribution in [1.82, 2.24) is 10.3 Å². The molecule has 0 saturated carbocycles. The molecule has 4 aromatic rings. The van der Waals surface area contributed by atoms with Crippen LogP contribution in [0.15, 0.2) is 65.3 Å². The van der Waals surface area contributed by atoms with Crippen LogP contribution >= 0.6 is 0 Å². The Balaban J connectivity index is 1.54. The number of benzene rings is 2. The molecule has 2 heterocycles. The minimum Gasteiger partial charge on any atom is -0.493 e. The molecule has 0 atom stereocenters. The second-order valence-electron chi connectivity index (χ2n) is 7.73. The van der Waals surface area contributed by atoms with E-state index in [2.05, 4.69) is 5.32 Å². The lowest BCUT2D eigenvalue weighted by molar-refractivity contribution is 0.0918. The second-order valence-corrected chi connectivity index (χ2v) is 7.73. The van der Waals surface area contributed by atoms with Crippen LogP contribution in [0.2, 0.25) is 0 Å². The van der Waals surface area contributed by atoms with Crippen molar-refractivity contribution in [2.24, 2.45) is 0 Å². The van der Waals surface area contributed by atoms with Gasteiger partial charge in [0.1, 0.15) is 12.4 Å². The molecule has 1 amide bonds. The molecule has 2 aromatic carbocycles. The zero-order chi connectivity index (χ0) is 24.6. The van der Waals surface area contributed by atoms with E-state index in [-0.39, 0.29) is 5.91 Å². The van der Waals surface area contributed by atoms with Crippen molar-refractivity contribution in [3.05, 3.63) is 72.2 Å². The zero-order valence-corrected chi connectivity index (χ0v) is 20.0. The van der Waals surface area contributed by atoms with Crippen LogP contribution in [-0.4, -0.2) is 45.4 Å². The van der Waals surface area contributed by atoms with E-state index in [1.54, 1.807) is 33.7 Å². The van der Waals surface area contributed by atoms with Crippen LogP contribution in [0.25, 0.3) is 22.2 Å². The van der Waals surface area contributed by atoms with Gasteiger partial charge in [0.15, 0.2) is 11.5 Å². The maximum atomic E-state index is 13.1. The highest BCUT2D eigenvalue weighted by atomic mass is 16.5. The highest BCUT2D eigenvalue weighted by Gasteiger charge is 2.18. The van der Waals surface area contributed by atoms with Gasteiger partial charge in [-0.2, -0.15) is 0 Å². The minimum atomic E-state index is -0.177. The second kappa shape index (κ2) is 11.4. The van der Waals surface area contributed by atoms with Crippen molar-refractivity contribution in [2.45, 2.75) is 13.0 Å². The van der Waals surface area contributed by atoms with Gasteiger partial charge in [0.2, 0.25) is 5.75 Å². The van der Waals surface area contributed by atoms with Crippen molar-refractivity contribution in [2.75, 3.05) is 34.5 Å². The monoisotopic (exact) mass is 476 g/mol. The van der Waals surface area contributed by atoms with Crippen LogP contribution < -0.4 is 19.5 Å². The fourth-order valence-electron chi connectivity index (χ4n) is 3.78. The number of hydrogen-bond donors (Lipinski definition) is 1. The van der Waals surface area contributed by atoms with Gasteiger partial charge >= 0.3 is 0 Å². The molecule has 182 valence electrons. The summed E-state index contributed by atoms with van der Waals surface area (Å²) in [5, 5.41) is 3.76. The maximum Gasteiger partial charge on any atom is 0.252 e. The highest BCUT2D eigenvalue weighted by Crippen LogP contribution is 2.41. The number of rotatable bonds is 11. The van der Waals surface area contributed by atoms with Gasteiger partial charge < -0.3 is 28.7 Å². The number of amides is 1. The normalized spacial score (nSPS) is 10.8. The Hall–Kier alpha value is -4.04. The largest absolute Gasteiger partial charge is 0.493 e. The molecule has 2 aromatic heterocycles. The molecule has 0 fully saturated rings. The molecule has 8 nitrogen and oxygen atoms in total. The average Bonchev–Trinajstić information content (AvgIpc) is 3.42. The van der Waals surface area contributed by atoms with E-state index in [4.69, 9.17) is 28.3 Å². The summed E-state index contributed by atoms with van der Waals surface area (Å²) in [4.78, 5) is 17.9.